The molecular weight excluding hydrogens is 202 g/mol. The van der Waals surface area contributed by atoms with Crippen molar-refractivity contribution in [2.75, 3.05) is 7.11 Å². The lowest BCUT2D eigenvalue weighted by Crippen LogP contribution is -1.81. The number of nitrogens with one attached hydrogen (secondary N) is 1. The summed E-state index contributed by atoms with van der Waals surface area (Å²) in [6, 6.07) is 11.7. The van der Waals surface area contributed by atoms with Crippen LogP contribution in [0.3, 0.4) is 0 Å². The van der Waals surface area contributed by atoms with Gasteiger partial charge in [-0.05, 0) is 30.3 Å². The van der Waals surface area contributed by atoms with Crippen molar-refractivity contribution in [3.63, 3.8) is 0 Å². The fourth-order valence-corrected chi connectivity index (χ4v) is 1.75. The normalized spacial score (nSPS) is 10.8. The van der Waals surface area contributed by atoms with E-state index in [0.29, 0.717) is 0 Å². The van der Waals surface area contributed by atoms with E-state index in [-0.39, 0.29) is 0 Å². The maximum atomic E-state index is 5.70. The topological polar surface area (TPSA) is 38.2 Å². The minimum absolute atomic E-state index is 0.848. The fourth-order valence-electron chi connectivity index (χ4n) is 1.75. The predicted octanol–water partition coefficient (Wildman–Crippen LogP) is 3.44. The van der Waals surface area contributed by atoms with Crippen LogP contribution in [-0.4, -0.2) is 12.1 Å². The van der Waals surface area contributed by atoms with E-state index in [0.717, 1.165) is 28.2 Å². The number of aromatic amines is 1. The average Bonchev–Trinajstić information content (AvgIpc) is 2.89. The van der Waals surface area contributed by atoms with Crippen molar-refractivity contribution in [2.45, 2.75) is 0 Å². The quantitative estimate of drug-likeness (QED) is 0.708. The Hall–Kier alpha value is -2.16. The number of hydrogen-bond acceptors (Lipinski definition) is 2. The number of hydrogen-bond donors (Lipinski definition) is 1. The lowest BCUT2D eigenvalue weighted by Gasteiger charge is -2.00. The van der Waals surface area contributed by atoms with Gasteiger partial charge in [-0.25, -0.2) is 0 Å². The standard InChI is InChI=1S/C13H11NO2/c1-15-10-4-2-9(3-5-10)13-8-11-12(16-13)6-7-14-11/h2-8,14H,1H3. The van der Waals surface area contributed by atoms with Crippen molar-refractivity contribution in [1.29, 1.82) is 0 Å². The molecule has 16 heavy (non-hydrogen) atoms. The molecule has 0 unspecified atom stereocenters. The van der Waals surface area contributed by atoms with Gasteiger partial charge in [-0.1, -0.05) is 0 Å². The predicted molar refractivity (Wildman–Crippen MR) is 62.6 cm³/mol. The van der Waals surface area contributed by atoms with Crippen LogP contribution in [-0.2, 0) is 0 Å². The van der Waals surface area contributed by atoms with Gasteiger partial charge in [-0.3, -0.25) is 0 Å². The number of benzene rings is 1. The largest absolute Gasteiger partial charge is 0.497 e. The highest BCUT2D eigenvalue weighted by Gasteiger charge is 2.06. The zero-order valence-electron chi connectivity index (χ0n) is 8.86. The van der Waals surface area contributed by atoms with Gasteiger partial charge in [0.05, 0.1) is 12.6 Å². The maximum Gasteiger partial charge on any atom is 0.152 e. The molecule has 1 aromatic carbocycles. The van der Waals surface area contributed by atoms with Crippen LogP contribution in [0.1, 0.15) is 0 Å². The summed E-state index contributed by atoms with van der Waals surface area (Å²) >= 11 is 0. The molecule has 1 N–H and O–H groups in total. The van der Waals surface area contributed by atoms with Gasteiger partial charge in [0.25, 0.3) is 0 Å². The van der Waals surface area contributed by atoms with Gasteiger partial charge in [-0.15, -0.1) is 0 Å². The molecule has 3 nitrogen and oxygen atoms in total. The van der Waals surface area contributed by atoms with Gasteiger partial charge >= 0.3 is 0 Å². The summed E-state index contributed by atoms with van der Waals surface area (Å²) in [7, 11) is 1.66. The summed E-state index contributed by atoms with van der Waals surface area (Å²) in [4.78, 5) is 3.11. The molecular formula is C13H11NO2. The Morgan fingerprint density at radius 1 is 1.12 bits per heavy atom. The Balaban J connectivity index is 2.05. The lowest BCUT2D eigenvalue weighted by molar-refractivity contribution is 0.415. The minimum atomic E-state index is 0.848. The summed E-state index contributed by atoms with van der Waals surface area (Å²) < 4.78 is 10.8. The molecule has 2 aromatic heterocycles. The second-order valence-electron chi connectivity index (χ2n) is 3.59. The number of aromatic nitrogens is 1. The number of furan rings is 1. The molecule has 0 saturated heterocycles. The molecule has 3 heteroatoms. The van der Waals surface area contributed by atoms with Gasteiger partial charge in [0.2, 0.25) is 0 Å². The highest BCUT2D eigenvalue weighted by molar-refractivity contribution is 5.79. The second kappa shape index (κ2) is 3.45. The highest BCUT2D eigenvalue weighted by Crippen LogP contribution is 2.28. The van der Waals surface area contributed by atoms with E-state index in [9.17, 15) is 0 Å². The summed E-state index contributed by atoms with van der Waals surface area (Å²) in [6.07, 6.45) is 1.87. The highest BCUT2D eigenvalue weighted by atomic mass is 16.5. The summed E-state index contributed by atoms with van der Waals surface area (Å²) in [6.45, 7) is 0. The summed E-state index contributed by atoms with van der Waals surface area (Å²) in [5, 5.41) is 0. The van der Waals surface area contributed by atoms with Crippen LogP contribution in [0.15, 0.2) is 47.0 Å². The van der Waals surface area contributed by atoms with Crippen LogP contribution in [0, 0.1) is 0 Å². The van der Waals surface area contributed by atoms with Crippen LogP contribution in [0.5, 0.6) is 5.75 Å². The lowest BCUT2D eigenvalue weighted by atomic mass is 10.2. The molecule has 0 aliphatic heterocycles. The van der Waals surface area contributed by atoms with E-state index in [4.69, 9.17) is 9.15 Å². The van der Waals surface area contributed by atoms with E-state index in [1.807, 2.05) is 42.6 Å². The number of fused-ring (bicyclic) bond motifs is 1. The van der Waals surface area contributed by atoms with Crippen LogP contribution in [0.2, 0.25) is 0 Å². The Kier molecular flexibility index (Phi) is 1.96. The van der Waals surface area contributed by atoms with Gasteiger partial charge in [-0.2, -0.15) is 0 Å². The van der Waals surface area contributed by atoms with E-state index >= 15 is 0 Å². The molecule has 3 aromatic rings. The third-order valence-corrected chi connectivity index (χ3v) is 2.61. The second-order valence-corrected chi connectivity index (χ2v) is 3.59. The first-order valence-corrected chi connectivity index (χ1v) is 5.08. The number of ether oxygens (including phenoxy) is 1. The molecule has 0 bridgehead atoms. The first kappa shape index (κ1) is 9.09. The third kappa shape index (κ3) is 1.37. The van der Waals surface area contributed by atoms with Crippen molar-refractivity contribution < 1.29 is 9.15 Å². The summed E-state index contributed by atoms with van der Waals surface area (Å²) in [5.41, 5.74) is 2.95. The van der Waals surface area contributed by atoms with Gasteiger partial charge in [0, 0.05) is 17.8 Å². The van der Waals surface area contributed by atoms with Crippen molar-refractivity contribution >= 4 is 11.1 Å². The summed E-state index contributed by atoms with van der Waals surface area (Å²) in [5.74, 6) is 1.71. The van der Waals surface area contributed by atoms with E-state index in [1.54, 1.807) is 7.11 Å². The molecule has 0 radical (unpaired) electrons. The molecule has 80 valence electrons. The molecule has 2 heterocycles. The SMILES string of the molecule is COc1ccc(-c2cc3[nH]ccc3o2)cc1. The molecule has 0 atom stereocenters. The minimum Gasteiger partial charge on any atom is -0.497 e. The van der Waals surface area contributed by atoms with Crippen LogP contribution in [0.25, 0.3) is 22.4 Å². The van der Waals surface area contributed by atoms with Gasteiger partial charge in [0.1, 0.15) is 11.5 Å². The van der Waals surface area contributed by atoms with Gasteiger partial charge in [0.15, 0.2) is 5.58 Å². The Bertz CT molecular complexity index is 576. The monoisotopic (exact) mass is 213 g/mol. The molecule has 3 rings (SSSR count). The smallest absolute Gasteiger partial charge is 0.152 e. The third-order valence-electron chi connectivity index (χ3n) is 2.61. The fraction of sp³-hybridized carbons (Fsp3) is 0.0769. The number of methoxy groups -OCH3 is 1. The van der Waals surface area contributed by atoms with Crippen molar-refractivity contribution in [2.24, 2.45) is 0 Å². The zero-order valence-corrected chi connectivity index (χ0v) is 8.86. The molecule has 0 aliphatic carbocycles. The maximum absolute atomic E-state index is 5.70. The number of rotatable bonds is 2. The van der Waals surface area contributed by atoms with Gasteiger partial charge < -0.3 is 14.1 Å². The van der Waals surface area contributed by atoms with Crippen molar-refractivity contribution in [1.82, 2.24) is 4.98 Å². The first-order chi connectivity index (χ1) is 7.86. The van der Waals surface area contributed by atoms with Crippen LogP contribution in [0.4, 0.5) is 0 Å². The molecule has 0 saturated carbocycles. The van der Waals surface area contributed by atoms with Crippen LogP contribution < -0.4 is 4.74 Å². The number of H-pyrrole nitrogens is 1. The molecule has 0 amide bonds. The Morgan fingerprint density at radius 3 is 2.62 bits per heavy atom. The Morgan fingerprint density at radius 2 is 1.94 bits per heavy atom. The molecule has 0 spiro atoms. The average molecular weight is 213 g/mol. The van der Waals surface area contributed by atoms with Crippen LogP contribution >= 0.6 is 0 Å². The van der Waals surface area contributed by atoms with E-state index < -0.39 is 0 Å². The van der Waals surface area contributed by atoms with E-state index in [1.165, 1.54) is 0 Å². The van der Waals surface area contributed by atoms with E-state index in [2.05, 4.69) is 4.98 Å². The molecule has 0 aliphatic rings. The van der Waals surface area contributed by atoms with Crippen molar-refractivity contribution in [3.8, 4) is 17.1 Å². The molecule has 0 fully saturated rings. The van der Waals surface area contributed by atoms with Crippen molar-refractivity contribution in [3.05, 3.63) is 42.6 Å². The Labute approximate surface area is 92.7 Å². The first-order valence-electron chi connectivity index (χ1n) is 5.08. The zero-order chi connectivity index (χ0) is 11.0.